The molecule has 1 aliphatic carbocycles. The van der Waals surface area contributed by atoms with E-state index in [-0.39, 0.29) is 0 Å². The Morgan fingerprint density at radius 3 is 1.92 bits per heavy atom. The summed E-state index contributed by atoms with van der Waals surface area (Å²) in [6.07, 6.45) is 11.6. The summed E-state index contributed by atoms with van der Waals surface area (Å²) < 4.78 is 0. The molecule has 2 aliphatic rings. The van der Waals surface area contributed by atoms with E-state index in [0.29, 0.717) is 5.92 Å². The normalized spacial score (nSPS) is 19.4. The average Bonchev–Trinajstić information content (AvgIpc) is 2.94. The number of benzene rings is 3. The molecule has 0 fully saturated rings. The van der Waals surface area contributed by atoms with E-state index in [1.54, 1.807) is 0 Å². The first-order chi connectivity index (χ1) is 12.9. The summed E-state index contributed by atoms with van der Waals surface area (Å²) in [7, 11) is -2.27. The number of rotatable bonds is 2. The largest absolute Gasteiger partial charge is 0.179 e. The summed E-state index contributed by atoms with van der Waals surface area (Å²) in [6, 6.07) is 31.3. The molecule has 0 aromatic heterocycles. The van der Waals surface area contributed by atoms with E-state index in [1.165, 1.54) is 26.3 Å². The molecule has 3 aromatic carbocycles. The zero-order valence-corrected chi connectivity index (χ0v) is 15.5. The Balaban J connectivity index is 1.94. The van der Waals surface area contributed by atoms with Gasteiger partial charge in [0.15, 0.2) is 8.07 Å². The summed E-state index contributed by atoms with van der Waals surface area (Å²) in [5.41, 5.74) is 1.45. The Morgan fingerprint density at radius 1 is 0.615 bits per heavy atom. The van der Waals surface area contributed by atoms with Crippen molar-refractivity contribution in [3.05, 3.63) is 126 Å². The molecular weight excluding hydrogens is 328 g/mol. The first-order valence-corrected chi connectivity index (χ1v) is 11.2. The minimum Gasteiger partial charge on any atom is -0.0732 e. The van der Waals surface area contributed by atoms with Crippen LogP contribution in [-0.2, 0) is 0 Å². The molecule has 0 radical (unpaired) electrons. The second kappa shape index (κ2) is 6.12. The Bertz CT molecular complexity index is 987. The molecule has 2 bridgehead atoms. The second-order valence-corrected chi connectivity index (χ2v) is 10.7. The highest BCUT2D eigenvalue weighted by atomic mass is 28.3. The number of hydrogen-bond donors (Lipinski definition) is 0. The van der Waals surface area contributed by atoms with Crippen LogP contribution in [0.5, 0.6) is 0 Å². The van der Waals surface area contributed by atoms with E-state index >= 15 is 0 Å². The van der Waals surface area contributed by atoms with E-state index < -0.39 is 8.07 Å². The lowest BCUT2D eigenvalue weighted by molar-refractivity contribution is 1.08. The molecule has 1 heteroatoms. The molecule has 1 heterocycles. The highest BCUT2D eigenvalue weighted by Gasteiger charge is 2.46. The Kier molecular flexibility index (Phi) is 3.61. The topological polar surface area (TPSA) is 0 Å². The lowest BCUT2D eigenvalue weighted by atomic mass is 9.98. The van der Waals surface area contributed by atoms with Gasteiger partial charge in [0, 0.05) is 5.92 Å². The van der Waals surface area contributed by atoms with Crippen molar-refractivity contribution in [1.82, 2.24) is 0 Å². The molecule has 0 nitrogen and oxygen atoms in total. The number of hydrogen-bond acceptors (Lipinski definition) is 0. The van der Waals surface area contributed by atoms with Gasteiger partial charge in [-0.05, 0) is 26.3 Å². The highest BCUT2D eigenvalue weighted by Crippen LogP contribution is 2.33. The molecule has 1 atom stereocenters. The Morgan fingerprint density at radius 2 is 1.23 bits per heavy atom. The van der Waals surface area contributed by atoms with Crippen LogP contribution >= 0.6 is 0 Å². The van der Waals surface area contributed by atoms with Crippen LogP contribution in [0.2, 0.25) is 0 Å². The van der Waals surface area contributed by atoms with Gasteiger partial charge in [0.25, 0.3) is 0 Å². The van der Waals surface area contributed by atoms with Crippen molar-refractivity contribution >= 4 is 23.6 Å². The van der Waals surface area contributed by atoms with Crippen LogP contribution in [0.4, 0.5) is 0 Å². The van der Waals surface area contributed by atoms with Gasteiger partial charge in [0.2, 0.25) is 0 Å². The molecule has 1 unspecified atom stereocenters. The van der Waals surface area contributed by atoms with E-state index in [1.807, 2.05) is 0 Å². The smallest absolute Gasteiger partial charge is 0.0732 e. The summed E-state index contributed by atoms with van der Waals surface area (Å²) in [5.74, 6) is 0.365. The summed E-state index contributed by atoms with van der Waals surface area (Å²) in [4.78, 5) is 0. The number of fused-ring (bicyclic) bond motifs is 3. The lowest BCUT2D eigenvalue weighted by Gasteiger charge is -2.40. The predicted octanol–water partition coefficient (Wildman–Crippen LogP) is 3.85. The van der Waals surface area contributed by atoms with Crippen LogP contribution in [0.3, 0.4) is 0 Å². The zero-order valence-electron chi connectivity index (χ0n) is 14.5. The lowest BCUT2D eigenvalue weighted by Crippen LogP contribution is -2.70. The zero-order chi connectivity index (χ0) is 17.4. The van der Waals surface area contributed by atoms with Gasteiger partial charge in [-0.25, -0.2) is 0 Å². The highest BCUT2D eigenvalue weighted by molar-refractivity contribution is 7.17. The van der Waals surface area contributed by atoms with E-state index in [0.717, 1.165) is 0 Å². The fraction of sp³-hybridized carbons (Fsp3) is 0.0400. The van der Waals surface area contributed by atoms with Crippen LogP contribution in [-0.4, -0.2) is 8.07 Å². The summed E-state index contributed by atoms with van der Waals surface area (Å²) >= 11 is 0. The third kappa shape index (κ3) is 2.14. The molecule has 124 valence electrons. The summed E-state index contributed by atoms with van der Waals surface area (Å²) in [6.45, 7) is 0. The van der Waals surface area contributed by atoms with Gasteiger partial charge < -0.3 is 0 Å². The molecule has 0 N–H and O–H groups in total. The first kappa shape index (κ1) is 15.4. The monoisotopic (exact) mass is 348 g/mol. The van der Waals surface area contributed by atoms with Gasteiger partial charge in [-0.1, -0.05) is 115 Å². The van der Waals surface area contributed by atoms with Crippen LogP contribution in [0.1, 0.15) is 11.5 Å². The van der Waals surface area contributed by atoms with Gasteiger partial charge >= 0.3 is 0 Å². The molecular formula is C25H20Si. The fourth-order valence-corrected chi connectivity index (χ4v) is 9.69. The molecule has 5 rings (SSSR count). The minimum absolute atomic E-state index is 0.365. The van der Waals surface area contributed by atoms with Gasteiger partial charge in [-0.3, -0.25) is 0 Å². The maximum atomic E-state index is 2.49. The van der Waals surface area contributed by atoms with Gasteiger partial charge in [0.05, 0.1) is 0 Å². The average molecular weight is 349 g/mol. The first-order valence-electron chi connectivity index (χ1n) is 9.18. The SMILES string of the molecule is C1=CC2=CC(C=C1)c1ccccc1[Si]2(c1ccccc1)c1ccccc1. The van der Waals surface area contributed by atoms with Crippen LogP contribution in [0.25, 0.3) is 0 Å². The molecule has 0 amide bonds. The van der Waals surface area contributed by atoms with E-state index in [2.05, 4.69) is 115 Å². The molecule has 0 spiro atoms. The van der Waals surface area contributed by atoms with Crippen molar-refractivity contribution in [2.45, 2.75) is 5.92 Å². The second-order valence-electron chi connectivity index (χ2n) is 6.96. The van der Waals surface area contributed by atoms with Crippen molar-refractivity contribution in [3.63, 3.8) is 0 Å². The summed E-state index contributed by atoms with van der Waals surface area (Å²) in [5, 5.41) is 5.92. The third-order valence-electron chi connectivity index (χ3n) is 5.63. The fourth-order valence-electron chi connectivity index (χ4n) is 4.56. The Hall–Kier alpha value is -2.90. The van der Waals surface area contributed by atoms with Crippen LogP contribution in [0.15, 0.2) is 121 Å². The van der Waals surface area contributed by atoms with Crippen molar-refractivity contribution in [2.75, 3.05) is 0 Å². The van der Waals surface area contributed by atoms with Gasteiger partial charge in [0.1, 0.15) is 0 Å². The third-order valence-corrected chi connectivity index (χ3v) is 10.5. The van der Waals surface area contributed by atoms with Gasteiger partial charge in [-0.15, -0.1) is 0 Å². The molecule has 1 aliphatic heterocycles. The van der Waals surface area contributed by atoms with Gasteiger partial charge in [-0.2, -0.15) is 0 Å². The molecule has 0 saturated carbocycles. The van der Waals surface area contributed by atoms with Crippen molar-refractivity contribution in [2.24, 2.45) is 0 Å². The van der Waals surface area contributed by atoms with E-state index in [9.17, 15) is 0 Å². The Labute approximate surface area is 155 Å². The maximum absolute atomic E-state index is 2.49. The maximum Gasteiger partial charge on any atom is 0.179 e. The minimum atomic E-state index is -2.27. The van der Waals surface area contributed by atoms with Crippen molar-refractivity contribution in [3.8, 4) is 0 Å². The van der Waals surface area contributed by atoms with Crippen molar-refractivity contribution < 1.29 is 0 Å². The standard InChI is InChI=1S/C25H20Si/c1-3-12-21(13-4-1)26(22-14-5-2-6-15-22)23-16-8-7-11-20(19-23)24-17-9-10-18-25(24)26/h1-20H. The number of allylic oxidation sites excluding steroid dienone is 6. The predicted molar refractivity (Wildman–Crippen MR) is 113 cm³/mol. The van der Waals surface area contributed by atoms with Crippen LogP contribution in [0, 0.1) is 0 Å². The van der Waals surface area contributed by atoms with Crippen LogP contribution < -0.4 is 15.6 Å². The molecule has 0 saturated heterocycles. The molecule has 26 heavy (non-hydrogen) atoms. The molecule has 3 aromatic rings. The van der Waals surface area contributed by atoms with Crippen molar-refractivity contribution in [1.29, 1.82) is 0 Å². The van der Waals surface area contributed by atoms with E-state index in [4.69, 9.17) is 0 Å². The quantitative estimate of drug-likeness (QED) is 0.617.